The quantitative estimate of drug-likeness (QED) is 0.795. The van der Waals surface area contributed by atoms with Crippen LogP contribution in [0.5, 0.6) is 0 Å². The average Bonchev–Trinajstić information content (AvgIpc) is 2.77. The summed E-state index contributed by atoms with van der Waals surface area (Å²) < 4.78 is 6.30. The Hall–Kier alpha value is -2.24. The minimum Gasteiger partial charge on any atom is -0.408 e. The molecule has 1 amide bonds. The van der Waals surface area contributed by atoms with Crippen LogP contribution in [0.15, 0.2) is 51.7 Å². The van der Waals surface area contributed by atoms with Gasteiger partial charge in [0.25, 0.3) is 0 Å². The molecule has 0 radical (unpaired) electrons. The van der Waals surface area contributed by atoms with E-state index in [1.807, 2.05) is 0 Å². The van der Waals surface area contributed by atoms with Crippen LogP contribution >= 0.6 is 23.2 Å². The van der Waals surface area contributed by atoms with Crippen molar-refractivity contribution in [3.63, 3.8) is 0 Å². The van der Waals surface area contributed by atoms with Gasteiger partial charge < -0.3 is 9.73 Å². The van der Waals surface area contributed by atoms with E-state index < -0.39 is 5.76 Å². The fourth-order valence-electron chi connectivity index (χ4n) is 2.06. The van der Waals surface area contributed by atoms with Crippen LogP contribution in [-0.2, 0) is 11.3 Å². The van der Waals surface area contributed by atoms with Gasteiger partial charge in [0.05, 0.1) is 5.52 Å². The van der Waals surface area contributed by atoms with Crippen LogP contribution in [0.3, 0.4) is 0 Å². The summed E-state index contributed by atoms with van der Waals surface area (Å²) in [5.41, 5.74) is 1.45. The molecule has 0 saturated heterocycles. The molecule has 0 aliphatic rings. The first-order valence-corrected chi connectivity index (χ1v) is 7.13. The van der Waals surface area contributed by atoms with E-state index >= 15 is 0 Å². The molecule has 0 aliphatic heterocycles. The number of halogens is 2. The second kappa shape index (κ2) is 5.87. The van der Waals surface area contributed by atoms with Crippen LogP contribution in [-0.4, -0.2) is 10.5 Å². The van der Waals surface area contributed by atoms with Gasteiger partial charge in [-0.3, -0.25) is 9.36 Å². The minimum absolute atomic E-state index is 0.172. The summed E-state index contributed by atoms with van der Waals surface area (Å²) in [5.74, 6) is -0.962. The average molecular weight is 337 g/mol. The summed E-state index contributed by atoms with van der Waals surface area (Å²) in [5, 5.41) is 3.71. The van der Waals surface area contributed by atoms with Crippen molar-refractivity contribution in [2.45, 2.75) is 6.54 Å². The zero-order chi connectivity index (χ0) is 15.7. The Morgan fingerprint density at radius 1 is 1.09 bits per heavy atom. The van der Waals surface area contributed by atoms with Gasteiger partial charge in [-0.1, -0.05) is 23.2 Å². The smallest absolute Gasteiger partial charge is 0.408 e. The van der Waals surface area contributed by atoms with Crippen molar-refractivity contribution in [1.29, 1.82) is 0 Å². The molecule has 0 atom stereocenters. The number of aromatic nitrogens is 1. The molecule has 22 heavy (non-hydrogen) atoms. The normalized spacial score (nSPS) is 10.8. The molecule has 1 N–H and O–H groups in total. The zero-order valence-corrected chi connectivity index (χ0v) is 12.7. The van der Waals surface area contributed by atoms with Gasteiger partial charge in [-0.05, 0) is 42.5 Å². The lowest BCUT2D eigenvalue weighted by molar-refractivity contribution is -0.116. The highest BCUT2D eigenvalue weighted by Crippen LogP contribution is 2.18. The lowest BCUT2D eigenvalue weighted by Crippen LogP contribution is -2.24. The molecular formula is C15H10Cl2N2O3. The second-order valence-corrected chi connectivity index (χ2v) is 5.49. The molecule has 2 aromatic carbocycles. The maximum absolute atomic E-state index is 12.1. The predicted molar refractivity (Wildman–Crippen MR) is 85.6 cm³/mol. The molecule has 3 aromatic rings. The fraction of sp³-hybridized carbons (Fsp3) is 0.0667. The number of hydrogen-bond acceptors (Lipinski definition) is 3. The fourth-order valence-corrected chi connectivity index (χ4v) is 2.35. The SMILES string of the molecule is O=C(Cn1c(=O)oc2ccc(Cl)cc21)Nc1ccc(Cl)cc1. The van der Waals surface area contributed by atoms with E-state index in [0.29, 0.717) is 26.8 Å². The third-order valence-electron chi connectivity index (χ3n) is 3.06. The molecule has 0 fully saturated rings. The van der Waals surface area contributed by atoms with Crippen LogP contribution in [0.4, 0.5) is 5.69 Å². The number of anilines is 1. The first-order valence-electron chi connectivity index (χ1n) is 6.37. The van der Waals surface area contributed by atoms with Crippen molar-refractivity contribution >= 4 is 45.9 Å². The van der Waals surface area contributed by atoms with Gasteiger partial charge in [-0.25, -0.2) is 4.79 Å². The molecule has 0 saturated carbocycles. The number of rotatable bonds is 3. The Bertz CT molecular complexity index is 897. The monoisotopic (exact) mass is 336 g/mol. The molecule has 1 aromatic heterocycles. The second-order valence-electron chi connectivity index (χ2n) is 4.62. The largest absolute Gasteiger partial charge is 0.420 e. The van der Waals surface area contributed by atoms with Gasteiger partial charge in [0.1, 0.15) is 6.54 Å². The molecule has 0 aliphatic carbocycles. The summed E-state index contributed by atoms with van der Waals surface area (Å²) in [7, 11) is 0. The summed E-state index contributed by atoms with van der Waals surface area (Å²) in [6.45, 7) is -0.172. The topological polar surface area (TPSA) is 64.2 Å². The van der Waals surface area contributed by atoms with Crippen LogP contribution < -0.4 is 11.1 Å². The van der Waals surface area contributed by atoms with Crippen molar-refractivity contribution in [3.8, 4) is 0 Å². The minimum atomic E-state index is -0.608. The van der Waals surface area contributed by atoms with Gasteiger partial charge in [0.2, 0.25) is 5.91 Å². The maximum atomic E-state index is 12.1. The first kappa shape index (κ1) is 14.7. The molecule has 0 spiro atoms. The van der Waals surface area contributed by atoms with E-state index in [1.165, 1.54) is 4.57 Å². The highest BCUT2D eigenvalue weighted by molar-refractivity contribution is 6.31. The molecule has 3 rings (SSSR count). The van der Waals surface area contributed by atoms with Crippen LogP contribution in [0.2, 0.25) is 10.0 Å². The number of oxazole rings is 1. The molecule has 0 unspecified atom stereocenters. The molecule has 112 valence electrons. The van der Waals surface area contributed by atoms with Gasteiger partial charge in [-0.2, -0.15) is 0 Å². The first-order chi connectivity index (χ1) is 10.5. The van der Waals surface area contributed by atoms with E-state index in [0.717, 1.165) is 0 Å². The van der Waals surface area contributed by atoms with Crippen molar-refractivity contribution in [3.05, 3.63) is 63.1 Å². The summed E-state index contributed by atoms with van der Waals surface area (Å²) in [4.78, 5) is 23.9. The van der Waals surface area contributed by atoms with Crippen molar-refractivity contribution in [2.24, 2.45) is 0 Å². The Kier molecular flexibility index (Phi) is 3.92. The Morgan fingerprint density at radius 2 is 1.77 bits per heavy atom. The van der Waals surface area contributed by atoms with Gasteiger partial charge in [-0.15, -0.1) is 0 Å². The van der Waals surface area contributed by atoms with E-state index in [4.69, 9.17) is 27.6 Å². The molecule has 0 bridgehead atoms. The molecular weight excluding hydrogens is 327 g/mol. The van der Waals surface area contributed by atoms with Gasteiger partial charge in [0, 0.05) is 15.7 Å². The molecule has 1 heterocycles. The number of benzene rings is 2. The van der Waals surface area contributed by atoms with Crippen LogP contribution in [0, 0.1) is 0 Å². The van der Waals surface area contributed by atoms with Crippen LogP contribution in [0.25, 0.3) is 11.1 Å². The van der Waals surface area contributed by atoms with Gasteiger partial charge in [0.15, 0.2) is 5.58 Å². The number of fused-ring (bicyclic) bond motifs is 1. The lowest BCUT2D eigenvalue weighted by atomic mass is 10.3. The van der Waals surface area contributed by atoms with Crippen molar-refractivity contribution < 1.29 is 9.21 Å². The van der Waals surface area contributed by atoms with E-state index in [-0.39, 0.29) is 12.5 Å². The van der Waals surface area contributed by atoms with E-state index in [1.54, 1.807) is 42.5 Å². The summed E-state index contributed by atoms with van der Waals surface area (Å²) >= 11 is 11.7. The number of carbonyl (C=O) groups is 1. The number of nitrogens with zero attached hydrogens (tertiary/aromatic N) is 1. The Morgan fingerprint density at radius 3 is 2.50 bits per heavy atom. The number of hydrogen-bond donors (Lipinski definition) is 1. The van der Waals surface area contributed by atoms with E-state index in [9.17, 15) is 9.59 Å². The number of carbonyl (C=O) groups excluding carboxylic acids is 1. The van der Waals surface area contributed by atoms with Gasteiger partial charge >= 0.3 is 5.76 Å². The third-order valence-corrected chi connectivity index (χ3v) is 3.55. The highest BCUT2D eigenvalue weighted by Gasteiger charge is 2.13. The standard InChI is InChI=1S/C15H10Cl2N2O3/c16-9-1-4-11(5-2-9)18-14(20)8-19-12-7-10(17)3-6-13(12)22-15(19)21/h1-7H,8H2,(H,18,20). The highest BCUT2D eigenvalue weighted by atomic mass is 35.5. The predicted octanol–water partition coefficient (Wildman–Crippen LogP) is 3.54. The van der Waals surface area contributed by atoms with Crippen LogP contribution in [0.1, 0.15) is 0 Å². The Balaban J connectivity index is 1.85. The van der Waals surface area contributed by atoms with Crippen molar-refractivity contribution in [2.75, 3.05) is 5.32 Å². The maximum Gasteiger partial charge on any atom is 0.420 e. The Labute approximate surface area is 135 Å². The number of nitrogens with one attached hydrogen (secondary N) is 1. The lowest BCUT2D eigenvalue weighted by Gasteiger charge is -2.05. The summed E-state index contributed by atoms with van der Waals surface area (Å²) in [6.07, 6.45) is 0. The number of amides is 1. The summed E-state index contributed by atoms with van der Waals surface area (Å²) in [6, 6.07) is 11.5. The molecule has 7 heteroatoms. The van der Waals surface area contributed by atoms with E-state index in [2.05, 4.69) is 5.32 Å². The van der Waals surface area contributed by atoms with Crippen molar-refractivity contribution in [1.82, 2.24) is 4.57 Å². The molecule has 5 nitrogen and oxygen atoms in total. The third kappa shape index (κ3) is 3.00. The zero-order valence-electron chi connectivity index (χ0n) is 11.2.